The number of carbonyl (C=O) groups excluding carboxylic acids is 1. The molecule has 1 saturated carbocycles. The Bertz CT molecular complexity index is 527. The maximum Gasteiger partial charge on any atom is 0.252 e. The van der Waals surface area contributed by atoms with Crippen LogP contribution in [0.25, 0.3) is 0 Å². The van der Waals surface area contributed by atoms with Crippen LogP contribution in [0, 0.1) is 17.7 Å². The monoisotopic (exact) mass is 261 g/mol. The van der Waals surface area contributed by atoms with Gasteiger partial charge in [0.2, 0.25) is 0 Å². The first-order valence-electron chi connectivity index (χ1n) is 6.41. The first-order chi connectivity index (χ1) is 9.20. The van der Waals surface area contributed by atoms with E-state index in [4.69, 9.17) is 5.11 Å². The molecule has 1 aliphatic rings. The fourth-order valence-corrected chi connectivity index (χ4v) is 1.85. The molecule has 1 fully saturated rings. The number of aliphatic hydroxyl groups is 1. The number of hydrogen-bond donors (Lipinski definition) is 2. The van der Waals surface area contributed by atoms with Gasteiger partial charge in [0.05, 0.1) is 12.2 Å². The molecule has 0 bridgehead atoms. The molecule has 0 spiro atoms. The third kappa shape index (κ3) is 3.55. The molecule has 4 heteroatoms. The summed E-state index contributed by atoms with van der Waals surface area (Å²) in [5.41, 5.74) is 0.754. The van der Waals surface area contributed by atoms with Crippen LogP contribution in [0.5, 0.6) is 0 Å². The number of amides is 1. The SMILES string of the molecule is O=C(NC1CCC1)c1ccc(F)cc1C#CCCO. The highest BCUT2D eigenvalue weighted by atomic mass is 19.1. The lowest BCUT2D eigenvalue weighted by atomic mass is 9.92. The van der Waals surface area contributed by atoms with Crippen LogP contribution in [0.15, 0.2) is 18.2 Å². The van der Waals surface area contributed by atoms with Crippen molar-refractivity contribution in [1.82, 2.24) is 5.32 Å². The van der Waals surface area contributed by atoms with E-state index in [1.165, 1.54) is 18.2 Å². The maximum absolute atomic E-state index is 13.2. The van der Waals surface area contributed by atoms with E-state index in [1.54, 1.807) is 0 Å². The van der Waals surface area contributed by atoms with Gasteiger partial charge in [0.25, 0.3) is 5.91 Å². The zero-order chi connectivity index (χ0) is 13.7. The predicted octanol–water partition coefficient (Wildman–Crippen LogP) is 1.84. The highest BCUT2D eigenvalue weighted by molar-refractivity contribution is 5.97. The summed E-state index contributed by atoms with van der Waals surface area (Å²) < 4.78 is 13.2. The number of nitrogens with one attached hydrogen (secondary N) is 1. The van der Waals surface area contributed by atoms with E-state index >= 15 is 0 Å². The maximum atomic E-state index is 13.2. The van der Waals surface area contributed by atoms with E-state index in [0.29, 0.717) is 17.5 Å². The molecular formula is C15H16FNO2. The summed E-state index contributed by atoms with van der Waals surface area (Å²) in [7, 11) is 0. The average Bonchev–Trinajstić information content (AvgIpc) is 2.34. The van der Waals surface area contributed by atoms with Gasteiger partial charge in [-0.1, -0.05) is 11.8 Å². The van der Waals surface area contributed by atoms with E-state index in [-0.39, 0.29) is 18.6 Å². The van der Waals surface area contributed by atoms with Crippen LogP contribution >= 0.6 is 0 Å². The van der Waals surface area contributed by atoms with E-state index < -0.39 is 5.82 Å². The molecule has 19 heavy (non-hydrogen) atoms. The van der Waals surface area contributed by atoms with Gasteiger partial charge in [0.1, 0.15) is 5.82 Å². The second-order valence-electron chi connectivity index (χ2n) is 4.57. The number of hydrogen-bond acceptors (Lipinski definition) is 2. The predicted molar refractivity (Wildman–Crippen MR) is 70.1 cm³/mol. The van der Waals surface area contributed by atoms with Gasteiger partial charge in [-0.05, 0) is 37.5 Å². The largest absolute Gasteiger partial charge is 0.395 e. The van der Waals surface area contributed by atoms with E-state index in [0.717, 1.165) is 19.3 Å². The first-order valence-corrected chi connectivity index (χ1v) is 6.41. The van der Waals surface area contributed by atoms with Crippen LogP contribution in [0.1, 0.15) is 41.6 Å². The summed E-state index contributed by atoms with van der Waals surface area (Å²) in [6.07, 6.45) is 3.44. The van der Waals surface area contributed by atoms with Gasteiger partial charge in [-0.25, -0.2) is 4.39 Å². The van der Waals surface area contributed by atoms with Crippen molar-refractivity contribution in [1.29, 1.82) is 0 Å². The van der Waals surface area contributed by atoms with Crippen molar-refractivity contribution in [2.75, 3.05) is 6.61 Å². The van der Waals surface area contributed by atoms with E-state index in [1.807, 2.05) is 0 Å². The highest BCUT2D eigenvalue weighted by Crippen LogP contribution is 2.19. The number of aliphatic hydroxyl groups excluding tert-OH is 1. The Kier molecular flexibility index (Phi) is 4.53. The molecule has 0 unspecified atom stereocenters. The quantitative estimate of drug-likeness (QED) is 0.816. The Morgan fingerprint density at radius 2 is 2.26 bits per heavy atom. The molecule has 1 aromatic carbocycles. The Labute approximate surface area is 111 Å². The molecule has 100 valence electrons. The molecule has 1 amide bonds. The number of benzene rings is 1. The summed E-state index contributed by atoms with van der Waals surface area (Å²) in [5.74, 6) is 4.81. The van der Waals surface area contributed by atoms with Gasteiger partial charge in [0.15, 0.2) is 0 Å². The smallest absolute Gasteiger partial charge is 0.252 e. The van der Waals surface area contributed by atoms with E-state index in [2.05, 4.69) is 17.2 Å². The number of halogens is 1. The van der Waals surface area contributed by atoms with Crippen LogP contribution in [-0.2, 0) is 0 Å². The summed E-state index contributed by atoms with van der Waals surface area (Å²) in [5, 5.41) is 11.6. The normalized spacial score (nSPS) is 14.2. The van der Waals surface area contributed by atoms with Crippen LogP contribution in [0.2, 0.25) is 0 Å². The van der Waals surface area contributed by atoms with Crippen molar-refractivity contribution < 1.29 is 14.3 Å². The van der Waals surface area contributed by atoms with Crippen LogP contribution < -0.4 is 5.32 Å². The van der Waals surface area contributed by atoms with Gasteiger partial charge in [-0.3, -0.25) is 4.79 Å². The Balaban J connectivity index is 2.18. The number of carbonyl (C=O) groups is 1. The fourth-order valence-electron chi connectivity index (χ4n) is 1.85. The van der Waals surface area contributed by atoms with Crippen molar-refractivity contribution >= 4 is 5.91 Å². The van der Waals surface area contributed by atoms with Crippen molar-refractivity contribution in [3.63, 3.8) is 0 Å². The Hall–Kier alpha value is -1.86. The molecule has 1 aromatic rings. The molecule has 0 atom stereocenters. The number of rotatable bonds is 3. The van der Waals surface area contributed by atoms with Crippen LogP contribution in [0.4, 0.5) is 4.39 Å². The lowest BCUT2D eigenvalue weighted by molar-refractivity contribution is 0.0916. The molecule has 0 heterocycles. The zero-order valence-corrected chi connectivity index (χ0v) is 10.6. The molecule has 0 saturated heterocycles. The Morgan fingerprint density at radius 3 is 2.89 bits per heavy atom. The third-order valence-corrected chi connectivity index (χ3v) is 3.13. The summed E-state index contributed by atoms with van der Waals surface area (Å²) in [6.45, 7) is -0.0497. The third-order valence-electron chi connectivity index (χ3n) is 3.13. The standard InChI is InChI=1S/C15H16FNO2/c16-12-7-8-14(11(10-12)4-1-2-9-18)15(19)17-13-5-3-6-13/h7-8,10,13,18H,2-3,5-6,9H2,(H,17,19). The van der Waals surface area contributed by atoms with Gasteiger partial charge < -0.3 is 10.4 Å². The molecule has 2 rings (SSSR count). The van der Waals surface area contributed by atoms with Crippen molar-refractivity contribution in [3.8, 4) is 11.8 Å². The summed E-state index contributed by atoms with van der Waals surface area (Å²) in [4.78, 5) is 12.1. The molecule has 0 radical (unpaired) electrons. The minimum absolute atomic E-state index is 0.0497. The molecule has 0 aliphatic heterocycles. The molecular weight excluding hydrogens is 245 g/mol. The highest BCUT2D eigenvalue weighted by Gasteiger charge is 2.21. The van der Waals surface area contributed by atoms with Crippen molar-refractivity contribution in [2.24, 2.45) is 0 Å². The molecule has 1 aliphatic carbocycles. The molecule has 0 aromatic heterocycles. The lowest BCUT2D eigenvalue weighted by Crippen LogP contribution is -2.39. The topological polar surface area (TPSA) is 49.3 Å². The first kappa shape index (κ1) is 13.6. The fraction of sp³-hybridized carbons (Fsp3) is 0.400. The zero-order valence-electron chi connectivity index (χ0n) is 10.6. The summed E-state index contributed by atoms with van der Waals surface area (Å²) in [6, 6.07) is 4.19. The van der Waals surface area contributed by atoms with Gasteiger partial charge in [-0.15, -0.1) is 0 Å². The van der Waals surface area contributed by atoms with Gasteiger partial charge in [-0.2, -0.15) is 0 Å². The van der Waals surface area contributed by atoms with Gasteiger partial charge >= 0.3 is 0 Å². The average molecular weight is 261 g/mol. The minimum Gasteiger partial charge on any atom is -0.395 e. The van der Waals surface area contributed by atoms with E-state index in [9.17, 15) is 9.18 Å². The van der Waals surface area contributed by atoms with Crippen LogP contribution in [0.3, 0.4) is 0 Å². The van der Waals surface area contributed by atoms with Gasteiger partial charge in [0, 0.05) is 18.0 Å². The van der Waals surface area contributed by atoms with Crippen LogP contribution in [-0.4, -0.2) is 23.7 Å². The minimum atomic E-state index is -0.423. The molecule has 3 nitrogen and oxygen atoms in total. The summed E-state index contributed by atoms with van der Waals surface area (Å²) >= 11 is 0. The van der Waals surface area contributed by atoms with Crippen molar-refractivity contribution in [3.05, 3.63) is 35.1 Å². The molecule has 2 N–H and O–H groups in total. The Morgan fingerprint density at radius 1 is 1.47 bits per heavy atom. The second kappa shape index (κ2) is 6.35. The lowest BCUT2D eigenvalue weighted by Gasteiger charge is -2.26. The second-order valence-corrected chi connectivity index (χ2v) is 4.57. The van der Waals surface area contributed by atoms with Crippen molar-refractivity contribution in [2.45, 2.75) is 31.7 Å².